The molecule has 8 nitrogen and oxygen atoms in total. The van der Waals surface area contributed by atoms with Gasteiger partial charge in [0.25, 0.3) is 0 Å². The Balaban J connectivity index is 2.83. The van der Waals surface area contributed by atoms with E-state index in [2.05, 4.69) is 25.3 Å². The zero-order chi connectivity index (χ0) is 13.5. The summed E-state index contributed by atoms with van der Waals surface area (Å²) in [5.74, 6) is -1.45. The number of nitrogens with zero attached hydrogens (tertiary/aromatic N) is 2. The van der Waals surface area contributed by atoms with E-state index in [0.717, 1.165) is 0 Å². The summed E-state index contributed by atoms with van der Waals surface area (Å²) in [4.78, 5) is 30.6. The smallest absolute Gasteiger partial charge is 0.397 e. The molecular formula is C10H15N5O3. The van der Waals surface area contributed by atoms with Crippen molar-refractivity contribution in [1.82, 2.24) is 9.97 Å². The number of hydrogen-bond acceptors (Lipinski definition) is 7. The average molecular weight is 253 g/mol. The monoisotopic (exact) mass is 253 g/mol. The van der Waals surface area contributed by atoms with E-state index in [1.54, 1.807) is 13.8 Å². The lowest BCUT2D eigenvalue weighted by molar-refractivity contribution is -0.152. The maximum atomic E-state index is 11.4. The summed E-state index contributed by atoms with van der Waals surface area (Å²) in [5, 5.41) is 5.03. The van der Waals surface area contributed by atoms with Gasteiger partial charge in [0.05, 0.1) is 25.2 Å². The van der Waals surface area contributed by atoms with Gasteiger partial charge in [0.2, 0.25) is 0 Å². The van der Waals surface area contributed by atoms with Crippen LogP contribution in [0, 0.1) is 6.92 Å². The second-order valence-electron chi connectivity index (χ2n) is 3.26. The first-order valence-corrected chi connectivity index (χ1v) is 5.34. The summed E-state index contributed by atoms with van der Waals surface area (Å²) in [6.45, 7) is 3.60. The quantitative estimate of drug-likeness (QED) is 0.380. The van der Waals surface area contributed by atoms with Crippen molar-refractivity contribution in [3.63, 3.8) is 0 Å². The molecule has 0 saturated heterocycles. The Morgan fingerprint density at radius 2 is 2.17 bits per heavy atom. The fraction of sp³-hybridized carbons (Fsp3) is 0.400. The maximum absolute atomic E-state index is 11.4. The molecule has 0 radical (unpaired) electrons. The van der Waals surface area contributed by atoms with E-state index < -0.39 is 11.9 Å². The Labute approximate surface area is 104 Å². The Morgan fingerprint density at radius 1 is 1.44 bits per heavy atom. The van der Waals surface area contributed by atoms with E-state index in [1.165, 1.54) is 6.20 Å². The highest BCUT2D eigenvalue weighted by atomic mass is 16.5. The molecule has 1 aromatic rings. The van der Waals surface area contributed by atoms with Gasteiger partial charge in [-0.2, -0.15) is 0 Å². The van der Waals surface area contributed by atoms with Crippen LogP contribution in [0.5, 0.6) is 0 Å². The summed E-state index contributed by atoms with van der Waals surface area (Å²) in [7, 11) is 0. The molecule has 98 valence electrons. The Morgan fingerprint density at radius 3 is 2.78 bits per heavy atom. The number of aryl methyl sites for hydroxylation is 1. The summed E-state index contributed by atoms with van der Waals surface area (Å²) in [6, 6.07) is 0. The van der Waals surface area contributed by atoms with Gasteiger partial charge < -0.3 is 15.8 Å². The van der Waals surface area contributed by atoms with Crippen molar-refractivity contribution in [2.75, 3.05) is 23.9 Å². The average Bonchev–Trinajstić information content (AvgIpc) is 2.33. The fourth-order valence-electron chi connectivity index (χ4n) is 1.14. The third-order valence-electron chi connectivity index (χ3n) is 1.86. The van der Waals surface area contributed by atoms with E-state index in [0.29, 0.717) is 11.5 Å². The van der Waals surface area contributed by atoms with Crippen LogP contribution in [-0.2, 0) is 14.3 Å². The molecule has 0 aromatic carbocycles. The molecule has 1 heterocycles. The second kappa shape index (κ2) is 6.50. The van der Waals surface area contributed by atoms with E-state index in [1.807, 2.05) is 0 Å². The van der Waals surface area contributed by atoms with Crippen molar-refractivity contribution >= 4 is 23.5 Å². The summed E-state index contributed by atoms with van der Waals surface area (Å²) >= 11 is 0. The fourth-order valence-corrected chi connectivity index (χ4v) is 1.14. The van der Waals surface area contributed by atoms with Gasteiger partial charge in [-0.25, -0.2) is 14.8 Å². The molecule has 0 aliphatic heterocycles. The number of ether oxygens (including phenoxy) is 1. The van der Waals surface area contributed by atoms with Crippen LogP contribution < -0.4 is 16.4 Å². The number of aromatic nitrogens is 2. The molecule has 1 aromatic heterocycles. The molecule has 0 aliphatic carbocycles. The molecule has 0 fully saturated rings. The highest BCUT2D eigenvalue weighted by molar-refractivity contribution is 6.37. The van der Waals surface area contributed by atoms with Gasteiger partial charge in [-0.1, -0.05) is 0 Å². The molecule has 0 atom stereocenters. The Kier molecular flexibility index (Phi) is 5.00. The highest BCUT2D eigenvalue weighted by Gasteiger charge is 2.17. The van der Waals surface area contributed by atoms with Gasteiger partial charge in [-0.05, 0) is 13.8 Å². The first-order valence-electron chi connectivity index (χ1n) is 5.34. The Hall–Kier alpha value is -2.22. The maximum Gasteiger partial charge on any atom is 0.397 e. The number of hydrogen-bond donors (Lipinski definition) is 3. The third-order valence-corrected chi connectivity index (χ3v) is 1.86. The number of amides is 1. The zero-order valence-corrected chi connectivity index (χ0v) is 10.2. The van der Waals surface area contributed by atoms with Crippen LogP contribution >= 0.6 is 0 Å². The minimum absolute atomic E-state index is 0.125. The summed E-state index contributed by atoms with van der Waals surface area (Å²) in [6.07, 6.45) is 1.46. The molecule has 4 N–H and O–H groups in total. The van der Waals surface area contributed by atoms with Crippen molar-refractivity contribution in [2.45, 2.75) is 13.8 Å². The number of carbonyl (C=O) groups is 2. The molecule has 0 saturated carbocycles. The summed E-state index contributed by atoms with van der Waals surface area (Å²) in [5.41, 5.74) is 5.99. The first-order chi connectivity index (χ1) is 8.58. The van der Waals surface area contributed by atoms with Crippen LogP contribution in [0.15, 0.2) is 6.20 Å². The van der Waals surface area contributed by atoms with Gasteiger partial charge in [0, 0.05) is 0 Å². The van der Waals surface area contributed by atoms with Crippen LogP contribution in [0.4, 0.5) is 11.6 Å². The predicted molar refractivity (Wildman–Crippen MR) is 64.7 cm³/mol. The normalized spacial score (nSPS) is 9.72. The first kappa shape index (κ1) is 13.8. The molecule has 0 spiro atoms. The Bertz CT molecular complexity index is 449. The summed E-state index contributed by atoms with van der Waals surface area (Å²) < 4.78 is 4.56. The standard InChI is InChI=1S/C10H15N5O3/c1-3-18-10(17)9(16)15-7-8(13-5-11)14-6(2)4-12-7/h4H,3,5,11H2,1-2H3,(H,13,14)(H,12,15,16). The molecule has 0 bridgehead atoms. The number of anilines is 2. The number of rotatable bonds is 4. The minimum Gasteiger partial charge on any atom is -0.459 e. The van der Waals surface area contributed by atoms with Crippen molar-refractivity contribution in [2.24, 2.45) is 5.73 Å². The number of nitrogens with two attached hydrogens (primary N) is 1. The van der Waals surface area contributed by atoms with Gasteiger partial charge in [0.15, 0.2) is 11.6 Å². The third kappa shape index (κ3) is 3.67. The van der Waals surface area contributed by atoms with Crippen molar-refractivity contribution in [1.29, 1.82) is 0 Å². The van der Waals surface area contributed by atoms with Crippen molar-refractivity contribution in [3.05, 3.63) is 11.9 Å². The van der Waals surface area contributed by atoms with Crippen LogP contribution in [-0.4, -0.2) is 35.1 Å². The van der Waals surface area contributed by atoms with Crippen molar-refractivity contribution in [3.8, 4) is 0 Å². The van der Waals surface area contributed by atoms with E-state index in [9.17, 15) is 9.59 Å². The number of nitrogens with one attached hydrogen (secondary N) is 2. The second-order valence-corrected chi connectivity index (χ2v) is 3.26. The van der Waals surface area contributed by atoms with Gasteiger partial charge in [0.1, 0.15) is 0 Å². The SMILES string of the molecule is CCOC(=O)C(=O)Nc1ncc(C)nc1NCN. The topological polar surface area (TPSA) is 119 Å². The van der Waals surface area contributed by atoms with Crippen LogP contribution in [0.3, 0.4) is 0 Å². The van der Waals surface area contributed by atoms with Crippen LogP contribution in [0.25, 0.3) is 0 Å². The van der Waals surface area contributed by atoms with Gasteiger partial charge in [-0.15, -0.1) is 0 Å². The molecule has 1 amide bonds. The molecular weight excluding hydrogens is 238 g/mol. The van der Waals surface area contributed by atoms with Crippen LogP contribution in [0.1, 0.15) is 12.6 Å². The lowest BCUT2D eigenvalue weighted by Gasteiger charge is -2.09. The molecule has 0 aliphatic rings. The highest BCUT2D eigenvalue weighted by Crippen LogP contribution is 2.15. The minimum atomic E-state index is -0.974. The molecule has 1 rings (SSSR count). The van der Waals surface area contributed by atoms with Crippen LogP contribution in [0.2, 0.25) is 0 Å². The number of esters is 1. The van der Waals surface area contributed by atoms with E-state index in [4.69, 9.17) is 5.73 Å². The van der Waals surface area contributed by atoms with Gasteiger partial charge >= 0.3 is 11.9 Å². The van der Waals surface area contributed by atoms with E-state index >= 15 is 0 Å². The lowest BCUT2D eigenvalue weighted by atomic mass is 10.4. The van der Waals surface area contributed by atoms with Gasteiger partial charge in [-0.3, -0.25) is 10.1 Å². The number of carbonyl (C=O) groups excluding carboxylic acids is 2. The van der Waals surface area contributed by atoms with Crippen molar-refractivity contribution < 1.29 is 14.3 Å². The largest absolute Gasteiger partial charge is 0.459 e. The lowest BCUT2D eigenvalue weighted by Crippen LogP contribution is -2.26. The molecule has 18 heavy (non-hydrogen) atoms. The molecule has 0 unspecified atom stereocenters. The predicted octanol–water partition coefficient (Wildman–Crippen LogP) is -0.385. The zero-order valence-electron chi connectivity index (χ0n) is 10.2. The van der Waals surface area contributed by atoms with E-state index in [-0.39, 0.29) is 19.1 Å². The molecule has 8 heteroatoms.